The Balaban J connectivity index is 2.47. The first-order chi connectivity index (χ1) is 9.56. The lowest BCUT2D eigenvalue weighted by Crippen LogP contribution is -2.02. The van der Waals surface area contributed by atoms with Crippen LogP contribution in [0.4, 0.5) is 4.39 Å². The summed E-state index contributed by atoms with van der Waals surface area (Å²) in [6.07, 6.45) is -1.07. The van der Waals surface area contributed by atoms with Gasteiger partial charge in [-0.2, -0.15) is 0 Å². The smallest absolute Gasteiger partial charge is 0.142 e. The number of rotatable bonds is 4. The number of benzene rings is 2. The van der Waals surface area contributed by atoms with Crippen LogP contribution in [0.3, 0.4) is 0 Å². The highest BCUT2D eigenvalue weighted by molar-refractivity contribution is 6.31. The number of hydrogen-bond donors (Lipinski definition) is 1. The van der Waals surface area contributed by atoms with E-state index in [0.717, 1.165) is 0 Å². The van der Waals surface area contributed by atoms with E-state index in [-0.39, 0.29) is 5.02 Å². The lowest BCUT2D eigenvalue weighted by atomic mass is 10.0. The average Bonchev–Trinajstić information content (AvgIpc) is 2.48. The summed E-state index contributed by atoms with van der Waals surface area (Å²) in [6, 6.07) is 9.29. The van der Waals surface area contributed by atoms with Gasteiger partial charge in [0.2, 0.25) is 0 Å². The van der Waals surface area contributed by atoms with Gasteiger partial charge in [0.1, 0.15) is 23.4 Å². The molecule has 0 aliphatic carbocycles. The van der Waals surface area contributed by atoms with Crippen molar-refractivity contribution in [2.45, 2.75) is 6.10 Å². The van der Waals surface area contributed by atoms with Crippen molar-refractivity contribution in [1.82, 2.24) is 0 Å². The highest BCUT2D eigenvalue weighted by Crippen LogP contribution is 2.33. The molecule has 0 saturated carbocycles. The lowest BCUT2D eigenvalue weighted by Gasteiger charge is -2.15. The highest BCUT2D eigenvalue weighted by Gasteiger charge is 2.18. The Labute approximate surface area is 121 Å². The Hall–Kier alpha value is -1.78. The molecule has 2 rings (SSSR count). The van der Waals surface area contributed by atoms with Crippen molar-refractivity contribution in [3.63, 3.8) is 0 Å². The van der Waals surface area contributed by atoms with E-state index in [1.165, 1.54) is 26.4 Å². The molecule has 0 saturated heterocycles. The number of hydrogen-bond acceptors (Lipinski definition) is 3. The van der Waals surface area contributed by atoms with Crippen molar-refractivity contribution in [1.29, 1.82) is 0 Å². The molecular weight excluding hydrogens is 283 g/mol. The quantitative estimate of drug-likeness (QED) is 0.937. The van der Waals surface area contributed by atoms with Crippen LogP contribution < -0.4 is 9.47 Å². The van der Waals surface area contributed by atoms with Crippen LogP contribution in [0.2, 0.25) is 5.02 Å². The number of aliphatic hydroxyl groups excluding tert-OH is 1. The van der Waals surface area contributed by atoms with E-state index in [1.54, 1.807) is 24.3 Å². The Kier molecular flexibility index (Phi) is 4.47. The zero-order chi connectivity index (χ0) is 14.7. The molecule has 20 heavy (non-hydrogen) atoms. The van der Waals surface area contributed by atoms with Crippen LogP contribution >= 0.6 is 11.6 Å². The van der Waals surface area contributed by atoms with E-state index < -0.39 is 11.9 Å². The van der Waals surface area contributed by atoms with E-state index in [1.807, 2.05) is 0 Å². The summed E-state index contributed by atoms with van der Waals surface area (Å²) < 4.78 is 23.7. The number of ether oxygens (including phenoxy) is 2. The summed E-state index contributed by atoms with van der Waals surface area (Å²) in [5.74, 6) is 0.495. The van der Waals surface area contributed by atoms with Gasteiger partial charge in [0.25, 0.3) is 0 Å². The van der Waals surface area contributed by atoms with Crippen molar-refractivity contribution in [2.75, 3.05) is 14.2 Å². The minimum absolute atomic E-state index is 0.0956. The standard InChI is InChI=1S/C15H14ClFO3/c1-19-10-6-9(7-11(8-10)20-2)15(18)12-4-3-5-13(17)14(12)16/h3-8,15,18H,1-2H3. The van der Waals surface area contributed by atoms with E-state index in [0.29, 0.717) is 22.6 Å². The van der Waals surface area contributed by atoms with Crippen LogP contribution in [0.5, 0.6) is 11.5 Å². The summed E-state index contributed by atoms with van der Waals surface area (Å²) in [7, 11) is 3.03. The average molecular weight is 297 g/mol. The second kappa shape index (κ2) is 6.11. The van der Waals surface area contributed by atoms with Crippen LogP contribution in [0.1, 0.15) is 17.2 Å². The maximum Gasteiger partial charge on any atom is 0.142 e. The van der Waals surface area contributed by atoms with Gasteiger partial charge in [-0.15, -0.1) is 0 Å². The predicted octanol–water partition coefficient (Wildman–Crippen LogP) is 3.58. The summed E-state index contributed by atoms with van der Waals surface area (Å²) in [5, 5.41) is 10.3. The first kappa shape index (κ1) is 14.6. The maximum atomic E-state index is 13.5. The third-order valence-corrected chi connectivity index (χ3v) is 3.36. The molecule has 1 atom stereocenters. The summed E-state index contributed by atoms with van der Waals surface area (Å²) in [5.41, 5.74) is 0.802. The van der Waals surface area contributed by atoms with Crippen molar-refractivity contribution >= 4 is 11.6 Å². The summed E-state index contributed by atoms with van der Waals surface area (Å²) in [4.78, 5) is 0. The van der Waals surface area contributed by atoms with Gasteiger partial charge in [-0.05, 0) is 23.8 Å². The largest absolute Gasteiger partial charge is 0.497 e. The summed E-state index contributed by atoms with van der Waals surface area (Å²) >= 11 is 5.89. The zero-order valence-electron chi connectivity index (χ0n) is 11.1. The molecule has 5 heteroatoms. The van der Waals surface area contributed by atoms with Crippen molar-refractivity contribution in [3.8, 4) is 11.5 Å². The maximum absolute atomic E-state index is 13.5. The van der Waals surface area contributed by atoms with E-state index in [9.17, 15) is 9.50 Å². The molecule has 0 aliphatic rings. The van der Waals surface area contributed by atoms with Crippen molar-refractivity contribution in [2.24, 2.45) is 0 Å². The zero-order valence-corrected chi connectivity index (χ0v) is 11.8. The van der Waals surface area contributed by atoms with Crippen LogP contribution in [-0.4, -0.2) is 19.3 Å². The number of aliphatic hydroxyl groups is 1. The molecule has 0 amide bonds. The molecule has 0 heterocycles. The molecule has 0 aromatic heterocycles. The van der Waals surface area contributed by atoms with Crippen molar-refractivity contribution < 1.29 is 19.0 Å². The van der Waals surface area contributed by atoms with E-state index in [4.69, 9.17) is 21.1 Å². The second-order valence-corrected chi connectivity index (χ2v) is 4.57. The third-order valence-electron chi connectivity index (χ3n) is 2.97. The summed E-state index contributed by atoms with van der Waals surface area (Å²) in [6.45, 7) is 0. The second-order valence-electron chi connectivity index (χ2n) is 4.19. The number of methoxy groups -OCH3 is 2. The normalized spacial score (nSPS) is 12.1. The molecule has 0 radical (unpaired) electrons. The fraction of sp³-hybridized carbons (Fsp3) is 0.200. The molecule has 106 valence electrons. The Bertz CT molecular complexity index is 594. The van der Waals surface area contributed by atoms with Crippen LogP contribution in [0, 0.1) is 5.82 Å². The molecule has 0 fully saturated rings. The minimum Gasteiger partial charge on any atom is -0.497 e. The molecule has 1 unspecified atom stereocenters. The molecule has 2 aromatic carbocycles. The third kappa shape index (κ3) is 2.86. The topological polar surface area (TPSA) is 38.7 Å². The first-order valence-corrected chi connectivity index (χ1v) is 6.29. The first-order valence-electron chi connectivity index (χ1n) is 5.91. The van der Waals surface area contributed by atoms with E-state index >= 15 is 0 Å². The molecule has 2 aromatic rings. The molecule has 0 spiro atoms. The molecule has 3 nitrogen and oxygen atoms in total. The van der Waals surface area contributed by atoms with Crippen LogP contribution in [0.25, 0.3) is 0 Å². The van der Waals surface area contributed by atoms with Gasteiger partial charge in [0.15, 0.2) is 0 Å². The fourth-order valence-electron chi connectivity index (χ4n) is 1.90. The molecular formula is C15H14ClFO3. The monoisotopic (exact) mass is 296 g/mol. The SMILES string of the molecule is COc1cc(OC)cc(C(O)c2cccc(F)c2Cl)c1. The fourth-order valence-corrected chi connectivity index (χ4v) is 2.13. The molecule has 1 N–H and O–H groups in total. The van der Waals surface area contributed by atoms with Crippen LogP contribution in [0.15, 0.2) is 36.4 Å². The van der Waals surface area contributed by atoms with Gasteiger partial charge in [-0.1, -0.05) is 23.7 Å². The molecule has 0 aliphatic heterocycles. The molecule has 0 bridgehead atoms. The van der Waals surface area contributed by atoms with Gasteiger partial charge >= 0.3 is 0 Å². The lowest BCUT2D eigenvalue weighted by molar-refractivity contribution is 0.218. The number of halogens is 2. The van der Waals surface area contributed by atoms with Gasteiger partial charge in [-0.3, -0.25) is 0 Å². The van der Waals surface area contributed by atoms with Gasteiger partial charge < -0.3 is 14.6 Å². The van der Waals surface area contributed by atoms with E-state index in [2.05, 4.69) is 0 Å². The predicted molar refractivity (Wildman–Crippen MR) is 75.0 cm³/mol. The highest BCUT2D eigenvalue weighted by atomic mass is 35.5. The van der Waals surface area contributed by atoms with Gasteiger partial charge in [-0.25, -0.2) is 4.39 Å². The van der Waals surface area contributed by atoms with Crippen LogP contribution in [-0.2, 0) is 0 Å². The Morgan fingerprint density at radius 3 is 2.25 bits per heavy atom. The van der Waals surface area contributed by atoms with Crippen molar-refractivity contribution in [3.05, 3.63) is 58.4 Å². The Morgan fingerprint density at radius 2 is 1.70 bits per heavy atom. The van der Waals surface area contributed by atoms with Gasteiger partial charge in [0.05, 0.1) is 19.2 Å². The Morgan fingerprint density at radius 1 is 1.10 bits per heavy atom. The van der Waals surface area contributed by atoms with Gasteiger partial charge in [0, 0.05) is 11.6 Å². The minimum atomic E-state index is -1.07.